The Morgan fingerprint density at radius 2 is 1.86 bits per heavy atom. The summed E-state index contributed by atoms with van der Waals surface area (Å²) in [5.41, 5.74) is 1.37. The quantitative estimate of drug-likeness (QED) is 0.782. The van der Waals surface area contributed by atoms with Gasteiger partial charge in [0.25, 0.3) is 11.8 Å². The molecular weight excluding hydrogens is 272 g/mol. The Kier molecular flexibility index (Phi) is 3.63. The van der Waals surface area contributed by atoms with E-state index < -0.39 is 23.8 Å². The molecule has 3 rings (SSSR count). The van der Waals surface area contributed by atoms with Crippen molar-refractivity contribution in [3.05, 3.63) is 34.9 Å². The molecular formula is C15H16N2O4. The summed E-state index contributed by atoms with van der Waals surface area (Å²) in [7, 11) is 0. The first kappa shape index (κ1) is 14.9. The molecule has 2 heterocycles. The highest BCUT2D eigenvalue weighted by atomic mass is 16.2. The molecule has 21 heavy (non-hydrogen) atoms. The normalized spacial score (nSPS) is 21.0. The molecule has 1 atom stereocenters. The number of benzene rings is 1. The SMILES string of the molecule is C.Cc1cccc2c1C(=O)N([C@H]1CCC(=O)NC1=O)C2=O. The van der Waals surface area contributed by atoms with Crippen LogP contribution in [0.25, 0.3) is 0 Å². The molecule has 0 aliphatic carbocycles. The van der Waals surface area contributed by atoms with Crippen LogP contribution in [-0.4, -0.2) is 34.6 Å². The van der Waals surface area contributed by atoms with Crippen LogP contribution in [0, 0.1) is 6.92 Å². The van der Waals surface area contributed by atoms with E-state index in [1.807, 2.05) is 0 Å². The number of aryl methyl sites for hydroxylation is 1. The lowest BCUT2D eigenvalue weighted by molar-refractivity contribution is -0.136. The highest BCUT2D eigenvalue weighted by molar-refractivity contribution is 6.24. The van der Waals surface area contributed by atoms with Crippen LogP contribution in [0.15, 0.2) is 18.2 Å². The molecule has 0 unspecified atom stereocenters. The highest BCUT2D eigenvalue weighted by Gasteiger charge is 2.44. The number of piperidine rings is 1. The van der Waals surface area contributed by atoms with Gasteiger partial charge in [-0.1, -0.05) is 19.6 Å². The molecule has 0 spiro atoms. The topological polar surface area (TPSA) is 83.6 Å². The van der Waals surface area contributed by atoms with E-state index in [0.717, 1.165) is 4.90 Å². The molecule has 6 heteroatoms. The van der Waals surface area contributed by atoms with Crippen LogP contribution in [0.4, 0.5) is 0 Å². The van der Waals surface area contributed by atoms with E-state index in [-0.39, 0.29) is 26.2 Å². The Labute approximate surface area is 122 Å². The van der Waals surface area contributed by atoms with Gasteiger partial charge in [-0.05, 0) is 25.0 Å². The second kappa shape index (κ2) is 5.12. The van der Waals surface area contributed by atoms with E-state index in [9.17, 15) is 19.2 Å². The Morgan fingerprint density at radius 3 is 2.48 bits per heavy atom. The lowest BCUT2D eigenvalue weighted by atomic mass is 10.0. The van der Waals surface area contributed by atoms with E-state index in [1.165, 1.54) is 0 Å². The highest BCUT2D eigenvalue weighted by Crippen LogP contribution is 2.29. The zero-order chi connectivity index (χ0) is 14.4. The van der Waals surface area contributed by atoms with Gasteiger partial charge >= 0.3 is 0 Å². The maximum absolute atomic E-state index is 12.4. The fraction of sp³-hybridized carbons (Fsp3) is 0.333. The van der Waals surface area contributed by atoms with Crippen LogP contribution >= 0.6 is 0 Å². The van der Waals surface area contributed by atoms with Crippen LogP contribution in [-0.2, 0) is 9.59 Å². The zero-order valence-electron chi connectivity index (χ0n) is 10.8. The summed E-state index contributed by atoms with van der Waals surface area (Å²) >= 11 is 0. The Morgan fingerprint density at radius 1 is 1.14 bits per heavy atom. The predicted octanol–water partition coefficient (Wildman–Crippen LogP) is 1.03. The summed E-state index contributed by atoms with van der Waals surface area (Å²) in [6, 6.07) is 4.12. The number of fused-ring (bicyclic) bond motifs is 1. The molecule has 110 valence electrons. The number of carbonyl (C=O) groups is 4. The van der Waals surface area contributed by atoms with Gasteiger partial charge in [0, 0.05) is 6.42 Å². The molecule has 1 aromatic carbocycles. The number of carbonyl (C=O) groups excluding carboxylic acids is 4. The molecule has 0 aromatic heterocycles. The van der Waals surface area contributed by atoms with Gasteiger partial charge < -0.3 is 0 Å². The third-order valence-corrected chi connectivity index (χ3v) is 3.68. The van der Waals surface area contributed by atoms with Crippen molar-refractivity contribution in [1.29, 1.82) is 0 Å². The minimum atomic E-state index is -0.903. The van der Waals surface area contributed by atoms with E-state index in [2.05, 4.69) is 5.32 Å². The molecule has 1 aromatic rings. The van der Waals surface area contributed by atoms with Crippen molar-refractivity contribution in [1.82, 2.24) is 10.2 Å². The van der Waals surface area contributed by atoms with Crippen LogP contribution < -0.4 is 5.32 Å². The molecule has 1 N–H and O–H groups in total. The Bertz CT molecular complexity index is 666. The lowest BCUT2D eigenvalue weighted by Crippen LogP contribution is -2.54. The number of rotatable bonds is 1. The van der Waals surface area contributed by atoms with E-state index in [4.69, 9.17) is 0 Å². The van der Waals surface area contributed by atoms with Crippen molar-refractivity contribution in [3.8, 4) is 0 Å². The van der Waals surface area contributed by atoms with Gasteiger partial charge in [0.2, 0.25) is 11.8 Å². The monoisotopic (exact) mass is 288 g/mol. The smallest absolute Gasteiger partial charge is 0.262 e. The van der Waals surface area contributed by atoms with Gasteiger partial charge in [-0.2, -0.15) is 0 Å². The summed E-state index contributed by atoms with van der Waals surface area (Å²) in [4.78, 5) is 48.7. The zero-order valence-corrected chi connectivity index (χ0v) is 10.8. The summed E-state index contributed by atoms with van der Waals surface area (Å²) in [6.07, 6.45) is 0.304. The third-order valence-electron chi connectivity index (χ3n) is 3.68. The first-order chi connectivity index (χ1) is 9.50. The van der Waals surface area contributed by atoms with Crippen LogP contribution in [0.2, 0.25) is 0 Å². The standard InChI is InChI=1S/C14H12N2O4.CH4/c1-7-3-2-4-8-11(7)14(20)16(13(8)19)9-5-6-10(17)15-12(9)18;/h2-4,9H,5-6H2,1H3,(H,15,17,18);1H4/t9-;/m0./s1. The van der Waals surface area contributed by atoms with Gasteiger partial charge in [-0.15, -0.1) is 0 Å². The molecule has 6 nitrogen and oxygen atoms in total. The molecule has 4 amide bonds. The average molecular weight is 288 g/mol. The molecule has 0 radical (unpaired) electrons. The average Bonchev–Trinajstić information content (AvgIpc) is 2.64. The third kappa shape index (κ3) is 2.12. The second-order valence-corrected chi connectivity index (χ2v) is 4.94. The molecule has 1 saturated heterocycles. The minimum Gasteiger partial charge on any atom is -0.295 e. The minimum absolute atomic E-state index is 0. The number of amides is 4. The van der Waals surface area contributed by atoms with Gasteiger partial charge in [-0.3, -0.25) is 29.4 Å². The molecule has 0 bridgehead atoms. The molecule has 0 saturated carbocycles. The maximum Gasteiger partial charge on any atom is 0.262 e. The second-order valence-electron chi connectivity index (χ2n) is 4.94. The largest absolute Gasteiger partial charge is 0.295 e. The Hall–Kier alpha value is -2.50. The van der Waals surface area contributed by atoms with Crippen molar-refractivity contribution in [3.63, 3.8) is 0 Å². The van der Waals surface area contributed by atoms with E-state index >= 15 is 0 Å². The first-order valence-electron chi connectivity index (χ1n) is 6.32. The van der Waals surface area contributed by atoms with E-state index in [0.29, 0.717) is 16.7 Å². The number of nitrogens with zero attached hydrogens (tertiary/aromatic N) is 1. The maximum atomic E-state index is 12.4. The van der Waals surface area contributed by atoms with Crippen molar-refractivity contribution >= 4 is 23.6 Å². The first-order valence-corrected chi connectivity index (χ1v) is 6.32. The number of hydrogen-bond acceptors (Lipinski definition) is 4. The predicted molar refractivity (Wildman–Crippen MR) is 74.6 cm³/mol. The molecule has 2 aliphatic rings. The number of imide groups is 2. The van der Waals surface area contributed by atoms with Gasteiger partial charge in [0.05, 0.1) is 11.1 Å². The fourth-order valence-corrected chi connectivity index (χ4v) is 2.68. The Balaban J connectivity index is 0.00000161. The van der Waals surface area contributed by atoms with Gasteiger partial charge in [0.1, 0.15) is 6.04 Å². The van der Waals surface area contributed by atoms with Gasteiger partial charge in [0.15, 0.2) is 0 Å². The fourth-order valence-electron chi connectivity index (χ4n) is 2.68. The molecule has 2 aliphatic heterocycles. The summed E-state index contributed by atoms with van der Waals surface area (Å²) in [6.45, 7) is 1.75. The molecule has 1 fully saturated rings. The van der Waals surface area contributed by atoms with Crippen molar-refractivity contribution in [2.75, 3.05) is 0 Å². The van der Waals surface area contributed by atoms with Crippen molar-refractivity contribution in [2.45, 2.75) is 33.2 Å². The summed E-state index contributed by atoms with van der Waals surface area (Å²) < 4.78 is 0. The number of hydrogen-bond donors (Lipinski definition) is 1. The summed E-state index contributed by atoms with van der Waals surface area (Å²) in [5, 5.41) is 2.16. The van der Waals surface area contributed by atoms with E-state index in [1.54, 1.807) is 25.1 Å². The van der Waals surface area contributed by atoms with Crippen molar-refractivity contribution in [2.24, 2.45) is 0 Å². The summed E-state index contributed by atoms with van der Waals surface area (Å²) in [5.74, 6) is -1.90. The van der Waals surface area contributed by atoms with Crippen LogP contribution in [0.5, 0.6) is 0 Å². The van der Waals surface area contributed by atoms with Gasteiger partial charge in [-0.25, -0.2) is 0 Å². The van der Waals surface area contributed by atoms with Crippen LogP contribution in [0.3, 0.4) is 0 Å². The van der Waals surface area contributed by atoms with Crippen molar-refractivity contribution < 1.29 is 19.2 Å². The lowest BCUT2D eigenvalue weighted by Gasteiger charge is -2.27. The van der Waals surface area contributed by atoms with Crippen LogP contribution in [0.1, 0.15) is 46.5 Å². The number of nitrogens with one attached hydrogen (secondary N) is 1.